The third-order valence-electron chi connectivity index (χ3n) is 2.21. The van der Waals surface area contributed by atoms with Crippen molar-refractivity contribution < 1.29 is 31.2 Å². The van der Waals surface area contributed by atoms with Crippen molar-refractivity contribution in [2.75, 3.05) is 12.4 Å². The van der Waals surface area contributed by atoms with Crippen molar-refractivity contribution in [3.05, 3.63) is 24.3 Å². The topological polar surface area (TPSA) is 126 Å². The van der Waals surface area contributed by atoms with Gasteiger partial charge in [-0.15, -0.1) is 0 Å². The van der Waals surface area contributed by atoms with E-state index >= 15 is 0 Å². The van der Waals surface area contributed by atoms with Crippen LogP contribution in [0.1, 0.15) is 0 Å². The van der Waals surface area contributed by atoms with Crippen LogP contribution in [0.25, 0.3) is 0 Å². The second-order valence-electron chi connectivity index (χ2n) is 3.85. The zero-order valence-electron chi connectivity index (χ0n) is 11.0. The van der Waals surface area contributed by atoms with E-state index in [2.05, 4.69) is 10.2 Å². The highest BCUT2D eigenvalue weighted by Gasteiger charge is 2.43. The fraction of sp³-hybridized carbons (Fsp3) is 0.200. The summed E-state index contributed by atoms with van der Waals surface area (Å²) >= 11 is 0. The first-order valence-corrected chi connectivity index (χ1v) is 6.88. The highest BCUT2D eigenvalue weighted by Crippen LogP contribution is 2.21. The van der Waals surface area contributed by atoms with Gasteiger partial charge in [-0.05, 0) is 28.7 Å². The highest BCUT2D eigenvalue weighted by molar-refractivity contribution is 7.89. The summed E-state index contributed by atoms with van der Waals surface area (Å²) in [7, 11) is -3.81. The zero-order valence-corrected chi connectivity index (χ0v) is 11.8. The number of hydrogen-bond acceptors (Lipinski definition) is 5. The molecular weight excluding hydrogens is 329 g/mol. The number of nitrogens with one attached hydrogen (secondary N) is 2. The Morgan fingerprint density at radius 2 is 1.82 bits per heavy atom. The van der Waals surface area contributed by atoms with E-state index in [9.17, 15) is 26.4 Å². The standard InChI is InChI=1S/C10H11F3N4O4S/c1-17(21-8(18)10(11,12)13)22(19,20)7-4-2-6(3-5-7)16-9(14)15/h2-5H,1H3,(H4,14,15,16). The molecule has 0 aliphatic carbocycles. The van der Waals surface area contributed by atoms with E-state index in [-0.39, 0.29) is 10.4 Å². The molecule has 0 amide bonds. The molecule has 0 spiro atoms. The van der Waals surface area contributed by atoms with E-state index < -0.39 is 27.1 Å². The van der Waals surface area contributed by atoms with Crippen molar-refractivity contribution >= 4 is 27.6 Å². The van der Waals surface area contributed by atoms with Gasteiger partial charge in [-0.25, -0.2) is 13.2 Å². The number of hydroxylamine groups is 1. The molecule has 0 radical (unpaired) electrons. The third-order valence-corrected chi connectivity index (χ3v) is 3.83. The van der Waals surface area contributed by atoms with E-state index in [0.717, 1.165) is 12.1 Å². The van der Waals surface area contributed by atoms with Gasteiger partial charge in [0.15, 0.2) is 5.96 Å². The van der Waals surface area contributed by atoms with Crippen molar-refractivity contribution in [3.8, 4) is 0 Å². The van der Waals surface area contributed by atoms with Gasteiger partial charge in [0.05, 0.1) is 4.90 Å². The lowest BCUT2D eigenvalue weighted by Gasteiger charge is -2.17. The van der Waals surface area contributed by atoms with Crippen LogP contribution in [-0.2, 0) is 19.7 Å². The quantitative estimate of drug-likeness (QED) is 0.419. The second-order valence-corrected chi connectivity index (χ2v) is 5.79. The van der Waals surface area contributed by atoms with Crippen molar-refractivity contribution in [2.45, 2.75) is 11.1 Å². The summed E-state index contributed by atoms with van der Waals surface area (Å²) in [5.74, 6) is -3.04. The molecule has 0 aliphatic heterocycles. The SMILES string of the molecule is CN(OC(=O)C(F)(F)F)S(=O)(=O)c1ccc(NC(=N)N)cc1. The molecule has 1 rings (SSSR count). The lowest BCUT2D eigenvalue weighted by atomic mass is 10.3. The zero-order chi connectivity index (χ0) is 17.1. The summed E-state index contributed by atoms with van der Waals surface area (Å²) in [4.78, 5) is 14.0. The molecule has 0 unspecified atom stereocenters. The lowest BCUT2D eigenvalue weighted by molar-refractivity contribution is -0.219. The summed E-state index contributed by atoms with van der Waals surface area (Å²) in [5.41, 5.74) is 5.37. The number of sulfonamides is 1. The summed E-state index contributed by atoms with van der Waals surface area (Å²) in [5, 5.41) is 9.37. The summed E-state index contributed by atoms with van der Waals surface area (Å²) < 4.78 is 59.8. The van der Waals surface area contributed by atoms with Gasteiger partial charge < -0.3 is 15.9 Å². The predicted molar refractivity (Wildman–Crippen MR) is 69.1 cm³/mol. The first kappa shape index (κ1) is 17.7. The van der Waals surface area contributed by atoms with Gasteiger partial charge in [0.1, 0.15) is 0 Å². The van der Waals surface area contributed by atoms with Crippen LogP contribution in [0.3, 0.4) is 0 Å². The van der Waals surface area contributed by atoms with Gasteiger partial charge in [-0.2, -0.15) is 13.2 Å². The van der Waals surface area contributed by atoms with Crippen LogP contribution in [0.2, 0.25) is 0 Å². The molecule has 4 N–H and O–H groups in total. The van der Waals surface area contributed by atoms with Crippen LogP contribution < -0.4 is 11.1 Å². The smallest absolute Gasteiger partial charge is 0.370 e. The number of rotatable bonds is 4. The van der Waals surface area contributed by atoms with E-state index in [4.69, 9.17) is 11.1 Å². The van der Waals surface area contributed by atoms with Crippen LogP contribution >= 0.6 is 0 Å². The predicted octanol–water partition coefficient (Wildman–Crippen LogP) is 0.633. The molecule has 0 saturated heterocycles. The van der Waals surface area contributed by atoms with Crippen LogP contribution in [0.4, 0.5) is 18.9 Å². The normalized spacial score (nSPS) is 12.0. The van der Waals surface area contributed by atoms with Gasteiger partial charge in [0.25, 0.3) is 10.0 Å². The van der Waals surface area contributed by atoms with Crippen molar-refractivity contribution in [1.82, 2.24) is 4.47 Å². The minimum atomic E-state index is -5.32. The summed E-state index contributed by atoms with van der Waals surface area (Å²) in [6.07, 6.45) is -5.32. The van der Waals surface area contributed by atoms with Crippen molar-refractivity contribution in [2.24, 2.45) is 5.73 Å². The lowest BCUT2D eigenvalue weighted by Crippen LogP contribution is -2.36. The van der Waals surface area contributed by atoms with Crippen LogP contribution in [0.5, 0.6) is 0 Å². The molecule has 1 aromatic rings. The Kier molecular flexibility index (Phi) is 4.98. The Bertz CT molecular complexity index is 672. The number of anilines is 1. The van der Waals surface area contributed by atoms with Crippen molar-refractivity contribution in [1.29, 1.82) is 5.41 Å². The molecule has 22 heavy (non-hydrogen) atoms. The Labute approximate surface area is 123 Å². The maximum atomic E-state index is 12.0. The maximum Gasteiger partial charge on any atom is 0.492 e. The second kappa shape index (κ2) is 6.19. The molecule has 1 aromatic carbocycles. The molecule has 0 aromatic heterocycles. The molecule has 0 atom stereocenters. The first-order chi connectivity index (χ1) is 9.94. The first-order valence-electron chi connectivity index (χ1n) is 5.44. The molecular formula is C10H11F3N4O4S. The highest BCUT2D eigenvalue weighted by atomic mass is 32.2. The molecule has 0 saturated carbocycles. The molecule has 0 fully saturated rings. The Morgan fingerprint density at radius 3 is 2.23 bits per heavy atom. The van der Waals surface area contributed by atoms with E-state index in [1.54, 1.807) is 0 Å². The molecule has 0 aliphatic rings. The largest absolute Gasteiger partial charge is 0.492 e. The maximum absolute atomic E-state index is 12.0. The number of benzene rings is 1. The van der Waals surface area contributed by atoms with E-state index in [0.29, 0.717) is 12.7 Å². The average molecular weight is 340 g/mol. The fourth-order valence-corrected chi connectivity index (χ4v) is 2.17. The number of carbonyl (C=O) groups excluding carboxylic acids is 1. The van der Waals surface area contributed by atoms with Gasteiger partial charge in [0.2, 0.25) is 0 Å². The summed E-state index contributed by atoms with van der Waals surface area (Å²) in [6.45, 7) is 0. The van der Waals surface area contributed by atoms with Gasteiger partial charge >= 0.3 is 12.1 Å². The van der Waals surface area contributed by atoms with Gasteiger partial charge in [0, 0.05) is 12.7 Å². The third kappa shape index (κ3) is 4.33. The molecule has 0 heterocycles. The minimum Gasteiger partial charge on any atom is -0.370 e. The Hall–Kier alpha value is -2.34. The Morgan fingerprint density at radius 1 is 1.32 bits per heavy atom. The Balaban J connectivity index is 2.94. The van der Waals surface area contributed by atoms with Crippen LogP contribution in [-0.4, -0.2) is 38.0 Å². The molecule has 8 nitrogen and oxygen atoms in total. The number of nitrogens with zero attached hydrogens (tertiary/aromatic N) is 1. The van der Waals surface area contributed by atoms with Crippen LogP contribution in [0, 0.1) is 5.41 Å². The van der Waals surface area contributed by atoms with Gasteiger partial charge in [-0.3, -0.25) is 5.41 Å². The monoisotopic (exact) mass is 340 g/mol. The minimum absolute atomic E-state index is 0.184. The fourth-order valence-electron chi connectivity index (χ4n) is 1.23. The number of alkyl halides is 3. The number of halogens is 3. The molecule has 12 heteroatoms. The summed E-state index contributed by atoms with van der Waals surface area (Å²) in [6, 6.07) is 4.54. The molecule has 122 valence electrons. The number of carbonyl (C=O) groups is 1. The van der Waals surface area contributed by atoms with E-state index in [1.165, 1.54) is 12.1 Å². The van der Waals surface area contributed by atoms with E-state index in [1.807, 2.05) is 0 Å². The molecule has 0 bridgehead atoms. The number of nitrogens with two attached hydrogens (primary N) is 1. The van der Waals surface area contributed by atoms with Gasteiger partial charge in [-0.1, -0.05) is 0 Å². The average Bonchev–Trinajstić information content (AvgIpc) is 2.37. The number of hydrogen-bond donors (Lipinski definition) is 3. The van der Waals surface area contributed by atoms with Crippen LogP contribution in [0.15, 0.2) is 29.2 Å². The number of guanidine groups is 1. The van der Waals surface area contributed by atoms with Crippen molar-refractivity contribution in [3.63, 3.8) is 0 Å².